The van der Waals surface area contributed by atoms with Gasteiger partial charge < -0.3 is 10.7 Å². The molecule has 0 aliphatic heterocycles. The van der Waals surface area contributed by atoms with E-state index in [1.807, 2.05) is 23.9 Å². The molecule has 0 aliphatic carbocycles. The van der Waals surface area contributed by atoms with Crippen LogP contribution in [0, 0.1) is 0 Å². The molecule has 0 aliphatic rings. The topological polar surface area (TPSA) is 63.0 Å². The summed E-state index contributed by atoms with van der Waals surface area (Å²) in [6.45, 7) is 0.954. The van der Waals surface area contributed by atoms with Crippen LogP contribution in [0.1, 0.15) is 0 Å². The summed E-state index contributed by atoms with van der Waals surface area (Å²) in [5.74, 6) is 7.00. The Kier molecular flexibility index (Phi) is 4.42. The van der Waals surface area contributed by atoms with Crippen LogP contribution in [0.2, 0.25) is 0 Å². The molecule has 0 saturated carbocycles. The number of hydrazine groups is 1. The predicted octanol–water partition coefficient (Wildman–Crippen LogP) is 1.14. The number of nitrogens with zero attached hydrogens (tertiary/aromatic N) is 1. The van der Waals surface area contributed by atoms with Gasteiger partial charge in [0, 0.05) is 30.2 Å². The summed E-state index contributed by atoms with van der Waals surface area (Å²) in [5, 5.41) is 3.26. The summed E-state index contributed by atoms with van der Waals surface area (Å²) in [5.41, 5.74) is 3.54. The third kappa shape index (κ3) is 3.52. The first-order valence-corrected chi connectivity index (χ1v) is 5.41. The molecule has 4 nitrogen and oxygen atoms in total. The monoisotopic (exact) mass is 198 g/mol. The highest BCUT2D eigenvalue weighted by Gasteiger charge is 1.93. The van der Waals surface area contributed by atoms with Gasteiger partial charge >= 0.3 is 0 Å². The van der Waals surface area contributed by atoms with Crippen molar-refractivity contribution in [3.8, 4) is 0 Å². The number of hydrogen-bond donors (Lipinski definition) is 3. The van der Waals surface area contributed by atoms with Crippen molar-refractivity contribution in [3.05, 3.63) is 18.3 Å². The summed E-state index contributed by atoms with van der Waals surface area (Å²) in [6.07, 6.45) is 3.80. The molecule has 0 spiro atoms. The third-order valence-electron chi connectivity index (χ3n) is 1.54. The fourth-order valence-electron chi connectivity index (χ4n) is 0.917. The highest BCUT2D eigenvalue weighted by Crippen LogP contribution is 2.10. The van der Waals surface area contributed by atoms with E-state index in [1.54, 1.807) is 6.20 Å². The lowest BCUT2D eigenvalue weighted by Gasteiger charge is -2.06. The molecule has 0 unspecified atom stereocenters. The van der Waals surface area contributed by atoms with Crippen LogP contribution < -0.4 is 16.6 Å². The second-order valence-electron chi connectivity index (χ2n) is 2.49. The maximum absolute atomic E-state index is 5.23. The second-order valence-corrected chi connectivity index (χ2v) is 3.48. The highest BCUT2D eigenvalue weighted by molar-refractivity contribution is 7.98. The molecule has 0 bridgehead atoms. The van der Waals surface area contributed by atoms with Crippen molar-refractivity contribution in [3.63, 3.8) is 0 Å². The number of nitrogens with two attached hydrogens (primary N) is 1. The Morgan fingerprint density at radius 3 is 3.15 bits per heavy atom. The normalized spacial score (nSPS) is 9.69. The standard InChI is InChI=1S/C8H14N4S/c1-13-5-4-10-7-2-3-11-8(6-7)12-9/h2-3,6H,4-5,9H2,1H3,(H2,10,11,12). The van der Waals surface area contributed by atoms with Gasteiger partial charge in [-0.1, -0.05) is 0 Å². The number of pyridine rings is 1. The van der Waals surface area contributed by atoms with Gasteiger partial charge in [-0.25, -0.2) is 10.8 Å². The number of thioether (sulfide) groups is 1. The largest absolute Gasteiger partial charge is 0.384 e. The molecule has 0 amide bonds. The number of nitrogens with one attached hydrogen (secondary N) is 2. The quantitative estimate of drug-likeness (QED) is 0.376. The first-order chi connectivity index (χ1) is 6.36. The number of nitrogen functional groups attached to an aromatic ring is 1. The van der Waals surface area contributed by atoms with Crippen molar-refractivity contribution in [1.29, 1.82) is 0 Å². The summed E-state index contributed by atoms with van der Waals surface area (Å²) in [6, 6.07) is 3.79. The molecule has 72 valence electrons. The zero-order valence-corrected chi connectivity index (χ0v) is 8.40. The van der Waals surface area contributed by atoms with E-state index in [0.29, 0.717) is 5.82 Å². The van der Waals surface area contributed by atoms with Crippen LogP contribution in [0.3, 0.4) is 0 Å². The summed E-state index contributed by atoms with van der Waals surface area (Å²) < 4.78 is 0. The van der Waals surface area contributed by atoms with Gasteiger partial charge in [-0.3, -0.25) is 0 Å². The average Bonchev–Trinajstić information content (AvgIpc) is 2.19. The van der Waals surface area contributed by atoms with Gasteiger partial charge in [0.05, 0.1) is 0 Å². The van der Waals surface area contributed by atoms with E-state index in [1.165, 1.54) is 0 Å². The van der Waals surface area contributed by atoms with Crippen LogP contribution >= 0.6 is 11.8 Å². The molecule has 5 heteroatoms. The first-order valence-electron chi connectivity index (χ1n) is 4.02. The summed E-state index contributed by atoms with van der Waals surface area (Å²) >= 11 is 1.81. The Hall–Kier alpha value is -0.940. The van der Waals surface area contributed by atoms with Crippen molar-refractivity contribution >= 4 is 23.3 Å². The fraction of sp³-hybridized carbons (Fsp3) is 0.375. The lowest BCUT2D eigenvalue weighted by molar-refractivity contribution is 1.19. The molecule has 13 heavy (non-hydrogen) atoms. The van der Waals surface area contributed by atoms with Gasteiger partial charge in [0.25, 0.3) is 0 Å². The molecule has 0 saturated heterocycles. The number of aromatic nitrogens is 1. The maximum atomic E-state index is 5.23. The molecule has 1 aromatic rings. The molecule has 1 aromatic heterocycles. The SMILES string of the molecule is CSCCNc1ccnc(NN)c1. The van der Waals surface area contributed by atoms with Gasteiger partial charge in [0.15, 0.2) is 0 Å². The minimum atomic E-state index is 0.675. The van der Waals surface area contributed by atoms with E-state index in [-0.39, 0.29) is 0 Å². The van der Waals surface area contributed by atoms with Crippen LogP contribution in [0.5, 0.6) is 0 Å². The summed E-state index contributed by atoms with van der Waals surface area (Å²) in [7, 11) is 0. The number of rotatable bonds is 5. The molecule has 0 fully saturated rings. The zero-order valence-electron chi connectivity index (χ0n) is 7.58. The molecular formula is C8H14N4S. The first kappa shape index (κ1) is 10.1. The van der Waals surface area contributed by atoms with Gasteiger partial charge in [-0.15, -0.1) is 0 Å². The Labute approximate surface area is 82.3 Å². The molecule has 4 N–H and O–H groups in total. The van der Waals surface area contributed by atoms with Crippen molar-refractivity contribution in [2.75, 3.05) is 29.3 Å². The van der Waals surface area contributed by atoms with Crippen LogP contribution in [-0.4, -0.2) is 23.5 Å². The minimum Gasteiger partial charge on any atom is -0.384 e. The van der Waals surface area contributed by atoms with E-state index in [4.69, 9.17) is 5.84 Å². The van der Waals surface area contributed by atoms with Crippen molar-refractivity contribution < 1.29 is 0 Å². The van der Waals surface area contributed by atoms with Crippen LogP contribution in [0.25, 0.3) is 0 Å². The lowest BCUT2D eigenvalue weighted by Crippen LogP contribution is -2.09. The Bertz CT molecular complexity index is 254. The third-order valence-corrected chi connectivity index (χ3v) is 2.16. The van der Waals surface area contributed by atoms with E-state index >= 15 is 0 Å². The van der Waals surface area contributed by atoms with Crippen molar-refractivity contribution in [1.82, 2.24) is 4.98 Å². The van der Waals surface area contributed by atoms with E-state index in [2.05, 4.69) is 22.0 Å². The molecule has 1 rings (SSSR count). The number of hydrogen-bond acceptors (Lipinski definition) is 5. The van der Waals surface area contributed by atoms with Crippen molar-refractivity contribution in [2.45, 2.75) is 0 Å². The Morgan fingerprint density at radius 2 is 2.46 bits per heavy atom. The second kappa shape index (κ2) is 5.66. The van der Waals surface area contributed by atoms with Gasteiger partial charge in [-0.05, 0) is 12.3 Å². The van der Waals surface area contributed by atoms with Gasteiger partial charge in [-0.2, -0.15) is 11.8 Å². The van der Waals surface area contributed by atoms with Crippen molar-refractivity contribution in [2.24, 2.45) is 5.84 Å². The van der Waals surface area contributed by atoms with Crippen LogP contribution in [0.15, 0.2) is 18.3 Å². The zero-order chi connectivity index (χ0) is 9.52. The number of anilines is 2. The van der Waals surface area contributed by atoms with E-state index in [9.17, 15) is 0 Å². The highest BCUT2D eigenvalue weighted by atomic mass is 32.2. The van der Waals surface area contributed by atoms with E-state index < -0.39 is 0 Å². The molecule has 0 radical (unpaired) electrons. The van der Waals surface area contributed by atoms with Crippen LogP contribution in [0.4, 0.5) is 11.5 Å². The van der Waals surface area contributed by atoms with Gasteiger partial charge in [0.1, 0.15) is 5.82 Å². The van der Waals surface area contributed by atoms with E-state index in [0.717, 1.165) is 18.0 Å². The fourth-order valence-corrected chi connectivity index (χ4v) is 1.22. The van der Waals surface area contributed by atoms with Crippen LogP contribution in [-0.2, 0) is 0 Å². The average molecular weight is 198 g/mol. The maximum Gasteiger partial charge on any atom is 0.141 e. The molecule has 1 heterocycles. The van der Waals surface area contributed by atoms with Gasteiger partial charge in [0.2, 0.25) is 0 Å². The predicted molar refractivity (Wildman–Crippen MR) is 58.9 cm³/mol. The Balaban J connectivity index is 2.46. The summed E-state index contributed by atoms with van der Waals surface area (Å²) in [4.78, 5) is 4.00. The lowest BCUT2D eigenvalue weighted by atomic mass is 10.4. The molecule has 0 atom stereocenters. The molecule has 0 aromatic carbocycles. The minimum absolute atomic E-state index is 0.675. The Morgan fingerprint density at radius 1 is 1.62 bits per heavy atom. The molecular weight excluding hydrogens is 184 g/mol. The smallest absolute Gasteiger partial charge is 0.141 e.